The summed E-state index contributed by atoms with van der Waals surface area (Å²) in [6.07, 6.45) is 4.68. The molecule has 5 nitrogen and oxygen atoms in total. The lowest BCUT2D eigenvalue weighted by molar-refractivity contribution is -0.141. The third-order valence-corrected chi connectivity index (χ3v) is 8.41. The van der Waals surface area contributed by atoms with Gasteiger partial charge in [0.05, 0.1) is 12.7 Å². The minimum Gasteiger partial charge on any atom is -0.465 e. The SMILES string of the molecule is COC(=O)c1ccc2c(c1)CCCC(c1ccccc1Cl)=C2c1ccc(N2CCC(C(OC)OC)CC2)cc1. The van der Waals surface area contributed by atoms with Crippen LogP contribution in [-0.2, 0) is 20.6 Å². The van der Waals surface area contributed by atoms with Crippen molar-refractivity contribution in [2.24, 2.45) is 5.92 Å². The number of benzene rings is 3. The first-order valence-electron chi connectivity index (χ1n) is 13.6. The number of methoxy groups -OCH3 is 3. The minimum atomic E-state index is -0.311. The van der Waals surface area contributed by atoms with Gasteiger partial charge < -0.3 is 19.1 Å². The Kier molecular flexibility index (Phi) is 8.71. The summed E-state index contributed by atoms with van der Waals surface area (Å²) >= 11 is 6.74. The fraction of sp³-hybridized carbons (Fsp3) is 0.364. The van der Waals surface area contributed by atoms with Crippen LogP contribution in [-0.4, -0.2) is 46.7 Å². The number of halogens is 1. The Morgan fingerprint density at radius 2 is 1.62 bits per heavy atom. The highest BCUT2D eigenvalue weighted by atomic mass is 35.5. The molecule has 0 bridgehead atoms. The van der Waals surface area contributed by atoms with Crippen molar-refractivity contribution < 1.29 is 19.0 Å². The first kappa shape index (κ1) is 27.4. The number of anilines is 1. The van der Waals surface area contributed by atoms with Gasteiger partial charge >= 0.3 is 5.97 Å². The van der Waals surface area contributed by atoms with E-state index in [4.69, 9.17) is 25.8 Å². The van der Waals surface area contributed by atoms with Crippen molar-refractivity contribution in [1.29, 1.82) is 0 Å². The molecule has 1 aliphatic heterocycles. The summed E-state index contributed by atoms with van der Waals surface area (Å²) in [5, 5.41) is 0.754. The van der Waals surface area contributed by atoms with Crippen LogP contribution in [0.25, 0.3) is 11.1 Å². The van der Waals surface area contributed by atoms with Crippen LogP contribution in [0.2, 0.25) is 5.02 Å². The number of nitrogens with zero attached hydrogens (tertiary/aromatic N) is 1. The van der Waals surface area contributed by atoms with Crippen molar-refractivity contribution in [2.75, 3.05) is 39.3 Å². The molecule has 1 saturated heterocycles. The van der Waals surface area contributed by atoms with Crippen molar-refractivity contribution in [3.63, 3.8) is 0 Å². The summed E-state index contributed by atoms with van der Waals surface area (Å²) in [5.74, 6) is 0.102. The number of carbonyl (C=O) groups is 1. The zero-order chi connectivity index (χ0) is 27.4. The Bertz CT molecular complexity index is 1340. The van der Waals surface area contributed by atoms with Gasteiger partial charge in [-0.3, -0.25) is 0 Å². The second-order valence-corrected chi connectivity index (χ2v) is 10.7. The number of carbonyl (C=O) groups excluding carboxylic acids is 1. The average Bonchev–Trinajstić information content (AvgIpc) is 3.17. The molecule has 2 aliphatic rings. The number of piperidine rings is 1. The molecular weight excluding hydrogens is 510 g/mol. The summed E-state index contributed by atoms with van der Waals surface area (Å²) in [6, 6.07) is 22.9. The number of aryl methyl sites for hydroxylation is 1. The highest BCUT2D eigenvalue weighted by Gasteiger charge is 2.27. The molecule has 0 radical (unpaired) electrons. The van der Waals surface area contributed by atoms with Crippen molar-refractivity contribution in [3.8, 4) is 0 Å². The van der Waals surface area contributed by atoms with Gasteiger partial charge in [0.25, 0.3) is 0 Å². The smallest absolute Gasteiger partial charge is 0.337 e. The Morgan fingerprint density at radius 3 is 2.28 bits per heavy atom. The van der Waals surface area contributed by atoms with Crippen LogP contribution in [0.5, 0.6) is 0 Å². The molecule has 0 spiro atoms. The van der Waals surface area contributed by atoms with Gasteiger partial charge in [0, 0.05) is 43.9 Å². The predicted molar refractivity (Wildman–Crippen MR) is 157 cm³/mol. The quantitative estimate of drug-likeness (QED) is 0.231. The van der Waals surface area contributed by atoms with Crippen molar-refractivity contribution in [3.05, 3.63) is 99.6 Å². The molecule has 1 heterocycles. The third kappa shape index (κ3) is 5.76. The summed E-state index contributed by atoms with van der Waals surface area (Å²) in [5.41, 5.74) is 8.75. The van der Waals surface area contributed by atoms with Crippen LogP contribution in [0, 0.1) is 5.92 Å². The molecule has 39 heavy (non-hydrogen) atoms. The van der Waals surface area contributed by atoms with Gasteiger partial charge in [-0.2, -0.15) is 0 Å². The molecule has 1 fully saturated rings. The van der Waals surface area contributed by atoms with E-state index in [9.17, 15) is 4.79 Å². The lowest BCUT2D eigenvalue weighted by Gasteiger charge is -2.36. The first-order chi connectivity index (χ1) is 19.0. The molecule has 5 rings (SSSR count). The van der Waals surface area contributed by atoms with Crippen molar-refractivity contribution in [1.82, 2.24) is 0 Å². The second-order valence-electron chi connectivity index (χ2n) is 10.3. The van der Waals surface area contributed by atoms with Gasteiger partial charge in [-0.1, -0.05) is 48.0 Å². The fourth-order valence-corrected chi connectivity index (χ4v) is 6.34. The Hall–Kier alpha value is -3.12. The molecule has 0 saturated carbocycles. The van der Waals surface area contributed by atoms with Crippen molar-refractivity contribution in [2.45, 2.75) is 38.4 Å². The van der Waals surface area contributed by atoms with Crippen LogP contribution < -0.4 is 4.90 Å². The summed E-state index contributed by atoms with van der Waals surface area (Å²) < 4.78 is 16.0. The Morgan fingerprint density at radius 1 is 0.897 bits per heavy atom. The zero-order valence-electron chi connectivity index (χ0n) is 22.9. The number of ether oxygens (including phenoxy) is 3. The molecule has 1 aliphatic carbocycles. The summed E-state index contributed by atoms with van der Waals surface area (Å²) in [7, 11) is 4.85. The van der Waals surface area contributed by atoms with Gasteiger partial charge in [-0.15, -0.1) is 0 Å². The largest absolute Gasteiger partial charge is 0.465 e. The standard InChI is InChI=1S/C33H36ClNO4/c1-37-32(36)25-13-16-27-24(21-25)7-6-9-29(28-8-4-5-10-30(28)34)31(27)22-11-14-26(15-12-22)35-19-17-23(18-20-35)33(38-2)39-3/h4-5,8,10-16,21,23,33H,6-7,9,17-20H2,1-3H3. The maximum atomic E-state index is 12.3. The molecular formula is C33H36ClNO4. The van der Waals surface area contributed by atoms with Crippen LogP contribution in [0.4, 0.5) is 5.69 Å². The second kappa shape index (κ2) is 12.4. The maximum Gasteiger partial charge on any atom is 0.337 e. The van der Waals surface area contributed by atoms with E-state index >= 15 is 0 Å². The van der Waals surface area contributed by atoms with Crippen LogP contribution in [0.3, 0.4) is 0 Å². The molecule has 0 N–H and O–H groups in total. The fourth-order valence-electron chi connectivity index (χ4n) is 6.09. The number of fused-ring (bicyclic) bond motifs is 1. The van der Waals surface area contributed by atoms with E-state index in [-0.39, 0.29) is 12.3 Å². The highest BCUT2D eigenvalue weighted by Crippen LogP contribution is 2.42. The Balaban J connectivity index is 1.52. The first-order valence-corrected chi connectivity index (χ1v) is 14.0. The molecule has 6 heteroatoms. The third-order valence-electron chi connectivity index (χ3n) is 8.08. The van der Waals surface area contributed by atoms with E-state index in [0.717, 1.165) is 72.5 Å². The van der Waals surface area contributed by atoms with Crippen molar-refractivity contribution >= 4 is 34.4 Å². The molecule has 0 aromatic heterocycles. The van der Waals surface area contributed by atoms with Crippen LogP contribution in [0.15, 0.2) is 66.7 Å². The normalized spacial score (nSPS) is 16.3. The summed E-state index contributed by atoms with van der Waals surface area (Å²) in [4.78, 5) is 14.7. The molecule has 0 unspecified atom stereocenters. The lowest BCUT2D eigenvalue weighted by atomic mass is 9.87. The van der Waals surface area contributed by atoms with E-state index in [1.807, 2.05) is 30.3 Å². The lowest BCUT2D eigenvalue weighted by Crippen LogP contribution is -2.39. The van der Waals surface area contributed by atoms with E-state index in [2.05, 4.69) is 41.3 Å². The average molecular weight is 546 g/mol. The molecule has 3 aromatic rings. The van der Waals surface area contributed by atoms with Gasteiger partial charge in [0.2, 0.25) is 0 Å². The topological polar surface area (TPSA) is 48.0 Å². The number of hydrogen-bond acceptors (Lipinski definition) is 5. The van der Waals surface area contributed by atoms with E-state index < -0.39 is 0 Å². The molecule has 3 aromatic carbocycles. The van der Waals surface area contributed by atoms with Crippen LogP contribution in [0.1, 0.15) is 58.3 Å². The number of esters is 1. The monoisotopic (exact) mass is 545 g/mol. The van der Waals surface area contributed by atoms with E-state index in [0.29, 0.717) is 11.5 Å². The van der Waals surface area contributed by atoms with Gasteiger partial charge in [-0.05, 0) is 95.8 Å². The number of hydrogen-bond donors (Lipinski definition) is 0. The van der Waals surface area contributed by atoms with Gasteiger partial charge in [0.1, 0.15) is 0 Å². The van der Waals surface area contributed by atoms with Gasteiger partial charge in [-0.25, -0.2) is 4.79 Å². The number of allylic oxidation sites excluding steroid dienone is 1. The predicted octanol–water partition coefficient (Wildman–Crippen LogP) is 7.26. The van der Waals surface area contributed by atoms with Crippen LogP contribution >= 0.6 is 11.6 Å². The van der Waals surface area contributed by atoms with E-state index in [1.54, 1.807) is 14.2 Å². The Labute approximate surface area is 236 Å². The minimum absolute atomic E-state index is 0.139. The summed E-state index contributed by atoms with van der Waals surface area (Å²) in [6.45, 7) is 1.94. The molecule has 204 valence electrons. The van der Waals surface area contributed by atoms with Gasteiger partial charge in [0.15, 0.2) is 6.29 Å². The maximum absolute atomic E-state index is 12.3. The van der Waals surface area contributed by atoms with E-state index in [1.165, 1.54) is 23.9 Å². The zero-order valence-corrected chi connectivity index (χ0v) is 23.7. The molecule has 0 amide bonds. The highest BCUT2D eigenvalue weighted by molar-refractivity contribution is 6.32. The number of rotatable bonds is 7. The molecule has 0 atom stereocenters.